The first-order valence-corrected chi connectivity index (χ1v) is 9.17. The van der Waals surface area contributed by atoms with Crippen molar-refractivity contribution in [2.45, 2.75) is 38.0 Å². The van der Waals surface area contributed by atoms with Gasteiger partial charge >= 0.3 is 6.18 Å². The Morgan fingerprint density at radius 2 is 1.85 bits per heavy atom. The molecule has 0 radical (unpaired) electrons. The molecule has 1 aliphatic carbocycles. The number of amides is 1. The van der Waals surface area contributed by atoms with Gasteiger partial charge in [0.1, 0.15) is 6.54 Å². The Kier molecular flexibility index (Phi) is 5.85. The van der Waals surface area contributed by atoms with Crippen molar-refractivity contribution in [3.63, 3.8) is 0 Å². The van der Waals surface area contributed by atoms with E-state index in [2.05, 4.69) is 17.4 Å². The zero-order chi connectivity index (χ0) is 19.4. The number of rotatable bonds is 5. The minimum absolute atomic E-state index is 0.0406. The lowest BCUT2D eigenvalue weighted by molar-refractivity contribution is -0.885. The van der Waals surface area contributed by atoms with Crippen molar-refractivity contribution >= 4 is 5.91 Å². The van der Waals surface area contributed by atoms with E-state index in [1.165, 1.54) is 23.3 Å². The van der Waals surface area contributed by atoms with Gasteiger partial charge in [0.2, 0.25) is 0 Å². The summed E-state index contributed by atoms with van der Waals surface area (Å²) in [6.45, 7) is 0.770. The molecule has 1 amide bonds. The highest BCUT2D eigenvalue weighted by Gasteiger charge is 2.30. The summed E-state index contributed by atoms with van der Waals surface area (Å²) in [4.78, 5) is 13.4. The molecule has 2 atom stereocenters. The van der Waals surface area contributed by atoms with Crippen molar-refractivity contribution in [1.29, 1.82) is 0 Å². The number of hydrogen-bond donors (Lipinski definition) is 2. The number of alkyl halides is 3. The van der Waals surface area contributed by atoms with Crippen LogP contribution in [0.1, 0.15) is 41.1 Å². The molecule has 0 fully saturated rings. The van der Waals surface area contributed by atoms with Gasteiger partial charge in [-0.3, -0.25) is 4.79 Å². The molecule has 0 saturated heterocycles. The molecule has 0 aromatic heterocycles. The maximum atomic E-state index is 12.6. The second-order valence-electron chi connectivity index (χ2n) is 7.22. The van der Waals surface area contributed by atoms with Crippen LogP contribution in [0.2, 0.25) is 0 Å². The number of hydrogen-bond acceptors (Lipinski definition) is 1. The molecular weight excluding hydrogens is 353 g/mol. The minimum atomic E-state index is -4.33. The zero-order valence-electron chi connectivity index (χ0n) is 15.3. The molecule has 144 valence electrons. The molecule has 2 N–H and O–H groups in total. The van der Waals surface area contributed by atoms with Gasteiger partial charge in [0.15, 0.2) is 6.54 Å². The number of fused-ring (bicyclic) bond motifs is 1. The monoisotopic (exact) mass is 377 g/mol. The number of quaternary nitrogens is 1. The van der Waals surface area contributed by atoms with Gasteiger partial charge in [0.05, 0.1) is 18.7 Å². The lowest BCUT2D eigenvalue weighted by Gasteiger charge is -2.26. The van der Waals surface area contributed by atoms with Gasteiger partial charge in [0.25, 0.3) is 5.91 Å². The van der Waals surface area contributed by atoms with E-state index in [0.29, 0.717) is 6.54 Å². The van der Waals surface area contributed by atoms with Crippen LogP contribution in [0, 0.1) is 0 Å². The Morgan fingerprint density at radius 1 is 1.15 bits per heavy atom. The van der Waals surface area contributed by atoms with Gasteiger partial charge in [0, 0.05) is 5.56 Å². The van der Waals surface area contributed by atoms with Crippen LogP contribution in [-0.2, 0) is 23.9 Å². The number of aryl methyl sites for hydroxylation is 1. The third-order valence-electron chi connectivity index (χ3n) is 4.95. The molecule has 0 saturated carbocycles. The Labute approximate surface area is 157 Å². The summed E-state index contributed by atoms with van der Waals surface area (Å²) in [5, 5.41) is 3.11. The molecule has 2 aromatic carbocycles. The Bertz CT molecular complexity index is 787. The van der Waals surface area contributed by atoms with E-state index in [1.807, 2.05) is 19.2 Å². The van der Waals surface area contributed by atoms with Gasteiger partial charge in [-0.05, 0) is 42.5 Å². The quantitative estimate of drug-likeness (QED) is 0.826. The van der Waals surface area contributed by atoms with Gasteiger partial charge in [-0.25, -0.2) is 0 Å². The maximum Gasteiger partial charge on any atom is 0.416 e. The highest BCUT2D eigenvalue weighted by Crippen LogP contribution is 2.30. The normalized spacial score (nSPS) is 17.9. The van der Waals surface area contributed by atoms with Crippen LogP contribution in [0.5, 0.6) is 0 Å². The van der Waals surface area contributed by atoms with Crippen molar-refractivity contribution in [1.82, 2.24) is 5.32 Å². The first-order chi connectivity index (χ1) is 12.8. The van der Waals surface area contributed by atoms with Crippen LogP contribution in [0.25, 0.3) is 0 Å². The topological polar surface area (TPSA) is 33.5 Å². The number of halogens is 3. The smallest absolute Gasteiger partial charge is 0.344 e. The van der Waals surface area contributed by atoms with Crippen LogP contribution in [0.4, 0.5) is 13.2 Å². The van der Waals surface area contributed by atoms with Crippen LogP contribution in [0.3, 0.4) is 0 Å². The average Bonchev–Trinajstić information content (AvgIpc) is 2.61. The molecule has 6 heteroatoms. The summed E-state index contributed by atoms with van der Waals surface area (Å²) in [5.41, 5.74) is 2.60. The number of carbonyl (C=O) groups is 1. The van der Waals surface area contributed by atoms with Crippen LogP contribution in [0.15, 0.2) is 48.5 Å². The molecule has 0 bridgehead atoms. The summed E-state index contributed by atoms with van der Waals surface area (Å²) in [6, 6.07) is 13.3. The number of nitrogens with one attached hydrogen (secondary N) is 2. The fourth-order valence-corrected chi connectivity index (χ4v) is 3.65. The molecule has 3 nitrogen and oxygen atoms in total. The Balaban J connectivity index is 1.54. The number of benzene rings is 2. The molecule has 1 unspecified atom stereocenters. The lowest BCUT2D eigenvalue weighted by Crippen LogP contribution is -3.08. The molecule has 27 heavy (non-hydrogen) atoms. The first kappa shape index (κ1) is 19.4. The van der Waals surface area contributed by atoms with E-state index in [1.54, 1.807) is 0 Å². The van der Waals surface area contributed by atoms with Crippen LogP contribution >= 0.6 is 0 Å². The van der Waals surface area contributed by atoms with Crippen LogP contribution in [-0.4, -0.2) is 19.5 Å². The highest BCUT2D eigenvalue weighted by atomic mass is 19.4. The van der Waals surface area contributed by atoms with E-state index < -0.39 is 11.7 Å². The van der Waals surface area contributed by atoms with E-state index >= 15 is 0 Å². The molecular formula is C21H24F3N2O+. The molecule has 1 aliphatic rings. The fourth-order valence-electron chi connectivity index (χ4n) is 3.65. The van der Waals surface area contributed by atoms with E-state index in [-0.39, 0.29) is 18.5 Å². The van der Waals surface area contributed by atoms with Crippen molar-refractivity contribution in [3.05, 3.63) is 70.8 Å². The standard InChI is InChI=1S/C21H23F3N2O/c1-26(13-15-9-11-17(12-10-15)21(22,23)24)14-20(27)25-19-8-4-6-16-5-2-3-7-18(16)19/h2-3,5,7,9-12,19H,4,6,8,13-14H2,1H3,(H,25,27)/p+1/t19-/m1/s1. The first-order valence-electron chi connectivity index (χ1n) is 9.17. The maximum absolute atomic E-state index is 12.6. The van der Waals surface area contributed by atoms with Gasteiger partial charge in [-0.1, -0.05) is 36.4 Å². The SMILES string of the molecule is C[NH+](CC(=O)N[C@@H]1CCCc2ccccc21)Cc1ccc(C(F)(F)F)cc1. The summed E-state index contributed by atoms with van der Waals surface area (Å²) >= 11 is 0. The molecule has 0 heterocycles. The Morgan fingerprint density at radius 3 is 2.56 bits per heavy atom. The zero-order valence-corrected chi connectivity index (χ0v) is 15.3. The second kappa shape index (κ2) is 8.13. The largest absolute Gasteiger partial charge is 0.416 e. The lowest BCUT2D eigenvalue weighted by atomic mass is 9.88. The van der Waals surface area contributed by atoms with Crippen molar-refractivity contribution < 1.29 is 22.9 Å². The minimum Gasteiger partial charge on any atom is -0.344 e. The highest BCUT2D eigenvalue weighted by molar-refractivity contribution is 5.77. The van der Waals surface area contributed by atoms with Crippen molar-refractivity contribution in [3.8, 4) is 0 Å². The van der Waals surface area contributed by atoms with Crippen LogP contribution < -0.4 is 10.2 Å². The predicted molar refractivity (Wildman–Crippen MR) is 97.2 cm³/mol. The van der Waals surface area contributed by atoms with Gasteiger partial charge < -0.3 is 10.2 Å². The summed E-state index contributed by atoms with van der Waals surface area (Å²) in [6.07, 6.45) is -1.30. The fraction of sp³-hybridized carbons (Fsp3) is 0.381. The molecule has 3 rings (SSSR count). The Hall–Kier alpha value is -2.34. The van der Waals surface area contributed by atoms with E-state index in [0.717, 1.165) is 41.9 Å². The second-order valence-corrected chi connectivity index (χ2v) is 7.22. The molecule has 0 spiro atoms. The molecule has 0 aliphatic heterocycles. The number of carbonyl (C=O) groups excluding carboxylic acids is 1. The van der Waals surface area contributed by atoms with Crippen molar-refractivity contribution in [2.75, 3.05) is 13.6 Å². The van der Waals surface area contributed by atoms with Crippen molar-refractivity contribution in [2.24, 2.45) is 0 Å². The van der Waals surface area contributed by atoms with Gasteiger partial charge in [-0.2, -0.15) is 13.2 Å². The summed E-state index contributed by atoms with van der Waals surface area (Å²) in [5.74, 6) is -0.0406. The third-order valence-corrected chi connectivity index (χ3v) is 4.95. The van der Waals surface area contributed by atoms with Gasteiger partial charge in [-0.15, -0.1) is 0 Å². The predicted octanol–water partition coefficient (Wildman–Crippen LogP) is 2.91. The summed E-state index contributed by atoms with van der Waals surface area (Å²) < 4.78 is 37.9. The summed E-state index contributed by atoms with van der Waals surface area (Å²) in [7, 11) is 1.87. The molecule has 2 aromatic rings. The third kappa shape index (κ3) is 5.10. The average molecular weight is 377 g/mol. The van der Waals surface area contributed by atoms with E-state index in [9.17, 15) is 18.0 Å². The van der Waals surface area contributed by atoms with E-state index in [4.69, 9.17) is 0 Å². The number of likely N-dealkylation sites (N-methyl/N-ethyl adjacent to an activating group) is 1.